The SMILES string of the molecule is NCCc1c(Cc2ccccc2)[nH]c2ccc(O)cc12. The van der Waals surface area contributed by atoms with Crippen molar-refractivity contribution in [1.82, 2.24) is 4.98 Å². The van der Waals surface area contributed by atoms with E-state index in [1.54, 1.807) is 6.07 Å². The molecular weight excluding hydrogens is 248 g/mol. The van der Waals surface area contributed by atoms with Crippen molar-refractivity contribution < 1.29 is 5.11 Å². The summed E-state index contributed by atoms with van der Waals surface area (Å²) >= 11 is 0. The highest BCUT2D eigenvalue weighted by atomic mass is 16.3. The number of hydrogen-bond acceptors (Lipinski definition) is 2. The molecule has 0 saturated carbocycles. The highest BCUT2D eigenvalue weighted by molar-refractivity contribution is 5.86. The Morgan fingerprint density at radius 2 is 1.85 bits per heavy atom. The van der Waals surface area contributed by atoms with Gasteiger partial charge in [-0.3, -0.25) is 0 Å². The van der Waals surface area contributed by atoms with Crippen LogP contribution in [0.15, 0.2) is 48.5 Å². The first kappa shape index (κ1) is 12.8. The van der Waals surface area contributed by atoms with Crippen molar-refractivity contribution in [2.75, 3.05) is 6.54 Å². The molecule has 0 aliphatic carbocycles. The molecule has 0 saturated heterocycles. The highest BCUT2D eigenvalue weighted by Crippen LogP contribution is 2.27. The maximum Gasteiger partial charge on any atom is 0.116 e. The zero-order valence-electron chi connectivity index (χ0n) is 11.3. The summed E-state index contributed by atoms with van der Waals surface area (Å²) in [5.41, 5.74) is 10.4. The molecule has 3 aromatic rings. The second-order valence-electron chi connectivity index (χ2n) is 5.01. The molecule has 1 heterocycles. The Hall–Kier alpha value is -2.26. The van der Waals surface area contributed by atoms with Gasteiger partial charge in [0.25, 0.3) is 0 Å². The first-order valence-corrected chi connectivity index (χ1v) is 6.84. The molecule has 0 spiro atoms. The molecule has 0 atom stereocenters. The summed E-state index contributed by atoms with van der Waals surface area (Å²) in [7, 11) is 0. The molecule has 20 heavy (non-hydrogen) atoms. The van der Waals surface area contributed by atoms with Crippen molar-refractivity contribution in [2.45, 2.75) is 12.8 Å². The van der Waals surface area contributed by atoms with Gasteiger partial charge >= 0.3 is 0 Å². The molecule has 0 unspecified atom stereocenters. The van der Waals surface area contributed by atoms with Gasteiger partial charge in [0.1, 0.15) is 5.75 Å². The molecule has 0 bridgehead atoms. The van der Waals surface area contributed by atoms with Crippen LogP contribution in [0.5, 0.6) is 5.75 Å². The van der Waals surface area contributed by atoms with Gasteiger partial charge in [-0.25, -0.2) is 0 Å². The van der Waals surface area contributed by atoms with Crippen molar-refractivity contribution in [3.05, 3.63) is 65.4 Å². The summed E-state index contributed by atoms with van der Waals surface area (Å²) in [6.45, 7) is 0.602. The number of aromatic nitrogens is 1. The molecule has 3 rings (SSSR count). The quantitative estimate of drug-likeness (QED) is 0.680. The van der Waals surface area contributed by atoms with E-state index in [4.69, 9.17) is 5.73 Å². The maximum absolute atomic E-state index is 9.68. The maximum atomic E-state index is 9.68. The summed E-state index contributed by atoms with van der Waals surface area (Å²) < 4.78 is 0. The molecule has 3 nitrogen and oxygen atoms in total. The molecule has 0 fully saturated rings. The van der Waals surface area contributed by atoms with Gasteiger partial charge in [-0.05, 0) is 42.3 Å². The van der Waals surface area contributed by atoms with Gasteiger partial charge in [0.2, 0.25) is 0 Å². The number of benzene rings is 2. The fourth-order valence-electron chi connectivity index (χ4n) is 2.67. The summed E-state index contributed by atoms with van der Waals surface area (Å²) in [4.78, 5) is 3.46. The van der Waals surface area contributed by atoms with Gasteiger partial charge < -0.3 is 15.8 Å². The van der Waals surface area contributed by atoms with Gasteiger partial charge in [-0.15, -0.1) is 0 Å². The summed E-state index contributed by atoms with van der Waals surface area (Å²) in [5, 5.41) is 10.7. The predicted octanol–water partition coefficient (Wildman–Crippen LogP) is 2.97. The number of nitrogens with two attached hydrogens (primary N) is 1. The van der Waals surface area contributed by atoms with Crippen LogP contribution in [0, 0.1) is 0 Å². The Balaban J connectivity index is 2.07. The topological polar surface area (TPSA) is 62.0 Å². The Bertz CT molecular complexity index is 716. The van der Waals surface area contributed by atoms with Gasteiger partial charge in [0, 0.05) is 23.0 Å². The summed E-state index contributed by atoms with van der Waals surface area (Å²) in [5.74, 6) is 0.293. The second kappa shape index (κ2) is 5.39. The molecule has 0 radical (unpaired) electrons. The monoisotopic (exact) mass is 266 g/mol. The molecule has 1 aromatic heterocycles. The van der Waals surface area contributed by atoms with Crippen LogP contribution in [-0.2, 0) is 12.8 Å². The van der Waals surface area contributed by atoms with Crippen LogP contribution in [0.4, 0.5) is 0 Å². The van der Waals surface area contributed by atoms with Gasteiger partial charge in [0.15, 0.2) is 0 Å². The number of fused-ring (bicyclic) bond motifs is 1. The fourth-order valence-corrected chi connectivity index (χ4v) is 2.67. The number of phenolic OH excluding ortho intramolecular Hbond substituents is 1. The highest BCUT2D eigenvalue weighted by Gasteiger charge is 2.11. The van der Waals surface area contributed by atoms with E-state index in [1.165, 1.54) is 16.8 Å². The average Bonchev–Trinajstić information content (AvgIpc) is 2.78. The standard InChI is InChI=1S/C17H18N2O/c18-9-8-14-15-11-13(20)6-7-16(15)19-17(14)10-12-4-2-1-3-5-12/h1-7,11,19-20H,8-10,18H2. The van der Waals surface area contributed by atoms with E-state index in [0.29, 0.717) is 12.3 Å². The fraction of sp³-hybridized carbons (Fsp3) is 0.176. The Kier molecular flexibility index (Phi) is 3.44. The van der Waals surface area contributed by atoms with E-state index in [2.05, 4.69) is 17.1 Å². The number of nitrogens with one attached hydrogen (secondary N) is 1. The number of hydrogen-bond donors (Lipinski definition) is 3. The van der Waals surface area contributed by atoms with E-state index >= 15 is 0 Å². The van der Waals surface area contributed by atoms with E-state index in [0.717, 1.165) is 23.7 Å². The van der Waals surface area contributed by atoms with Crippen LogP contribution in [-0.4, -0.2) is 16.6 Å². The molecule has 3 heteroatoms. The van der Waals surface area contributed by atoms with Crippen molar-refractivity contribution >= 4 is 10.9 Å². The Morgan fingerprint density at radius 1 is 1.05 bits per heavy atom. The number of H-pyrrole nitrogens is 1. The smallest absolute Gasteiger partial charge is 0.116 e. The van der Waals surface area contributed by atoms with Crippen molar-refractivity contribution in [3.8, 4) is 5.75 Å². The minimum absolute atomic E-state index is 0.293. The van der Waals surface area contributed by atoms with Crippen LogP contribution in [0.2, 0.25) is 0 Å². The molecule has 4 N–H and O–H groups in total. The lowest BCUT2D eigenvalue weighted by Crippen LogP contribution is -2.04. The third-order valence-electron chi connectivity index (χ3n) is 3.60. The third-order valence-corrected chi connectivity index (χ3v) is 3.60. The normalized spacial score (nSPS) is 11.1. The van der Waals surface area contributed by atoms with Crippen LogP contribution in [0.25, 0.3) is 10.9 Å². The Morgan fingerprint density at radius 3 is 2.60 bits per heavy atom. The van der Waals surface area contributed by atoms with Crippen LogP contribution in [0.1, 0.15) is 16.8 Å². The minimum Gasteiger partial charge on any atom is -0.508 e. The first-order chi connectivity index (χ1) is 9.78. The summed E-state index contributed by atoms with van der Waals surface area (Å²) in [6.07, 6.45) is 1.66. The number of aromatic amines is 1. The average molecular weight is 266 g/mol. The lowest BCUT2D eigenvalue weighted by atomic mass is 10.0. The molecule has 102 valence electrons. The van der Waals surface area contributed by atoms with Crippen molar-refractivity contribution in [1.29, 1.82) is 0 Å². The predicted molar refractivity (Wildman–Crippen MR) is 82.0 cm³/mol. The molecular formula is C17H18N2O. The van der Waals surface area contributed by atoms with E-state index in [-0.39, 0.29) is 0 Å². The van der Waals surface area contributed by atoms with Gasteiger partial charge in [-0.2, -0.15) is 0 Å². The van der Waals surface area contributed by atoms with Crippen LogP contribution in [0.3, 0.4) is 0 Å². The zero-order chi connectivity index (χ0) is 13.9. The van der Waals surface area contributed by atoms with E-state index < -0.39 is 0 Å². The molecule has 0 amide bonds. The minimum atomic E-state index is 0.293. The molecule has 0 aliphatic heterocycles. The van der Waals surface area contributed by atoms with E-state index in [1.807, 2.05) is 30.3 Å². The number of aromatic hydroxyl groups is 1. The molecule has 0 aliphatic rings. The van der Waals surface area contributed by atoms with Gasteiger partial charge in [-0.1, -0.05) is 30.3 Å². The Labute approximate surface area is 118 Å². The summed E-state index contributed by atoms with van der Waals surface area (Å²) in [6, 6.07) is 15.8. The van der Waals surface area contributed by atoms with Crippen molar-refractivity contribution in [3.63, 3.8) is 0 Å². The van der Waals surface area contributed by atoms with Gasteiger partial charge in [0.05, 0.1) is 0 Å². The zero-order valence-corrected chi connectivity index (χ0v) is 11.3. The number of rotatable bonds is 4. The first-order valence-electron chi connectivity index (χ1n) is 6.84. The van der Waals surface area contributed by atoms with Crippen LogP contribution < -0.4 is 5.73 Å². The van der Waals surface area contributed by atoms with Crippen LogP contribution >= 0.6 is 0 Å². The largest absolute Gasteiger partial charge is 0.508 e. The third kappa shape index (κ3) is 2.40. The lowest BCUT2D eigenvalue weighted by molar-refractivity contribution is 0.476. The lowest BCUT2D eigenvalue weighted by Gasteiger charge is -2.04. The second-order valence-corrected chi connectivity index (χ2v) is 5.01. The van der Waals surface area contributed by atoms with Crippen molar-refractivity contribution in [2.24, 2.45) is 5.73 Å². The van der Waals surface area contributed by atoms with E-state index in [9.17, 15) is 5.11 Å². The number of phenols is 1. The molecule has 2 aromatic carbocycles.